The van der Waals surface area contributed by atoms with Crippen LogP contribution in [0.15, 0.2) is 0 Å². The van der Waals surface area contributed by atoms with Crippen LogP contribution in [0, 0.1) is 6.92 Å². The minimum Gasteiger partial charge on any atom is -0.382 e. The molecule has 0 saturated carbocycles. The van der Waals surface area contributed by atoms with Gasteiger partial charge in [0.05, 0.1) is 0 Å². The highest BCUT2D eigenvalue weighted by Crippen LogP contribution is 2.22. The zero-order valence-corrected chi connectivity index (χ0v) is 7.92. The summed E-state index contributed by atoms with van der Waals surface area (Å²) >= 11 is 0. The first-order valence-electron chi connectivity index (χ1n) is 3.88. The molecule has 1 aromatic heterocycles. The second kappa shape index (κ2) is 2.69. The van der Waals surface area contributed by atoms with Gasteiger partial charge in [-0.15, -0.1) is 10.2 Å². The lowest BCUT2D eigenvalue weighted by Crippen LogP contribution is -2.18. The van der Waals surface area contributed by atoms with Gasteiger partial charge in [-0.2, -0.15) is 0 Å². The first-order chi connectivity index (χ1) is 5.41. The number of aromatic nitrogens is 3. The number of nitrogen functional groups attached to an aromatic ring is 1. The van der Waals surface area contributed by atoms with Crippen molar-refractivity contribution < 1.29 is 0 Å². The van der Waals surface area contributed by atoms with Gasteiger partial charge in [0.2, 0.25) is 0 Å². The van der Waals surface area contributed by atoms with Crippen LogP contribution in [0.4, 0.5) is 5.82 Å². The Labute approximate surface area is 72.2 Å². The summed E-state index contributed by atoms with van der Waals surface area (Å²) in [6.07, 6.45) is 0. The van der Waals surface area contributed by atoms with Gasteiger partial charge in [0.1, 0.15) is 17.3 Å². The maximum Gasteiger partial charge on any atom is 0.150 e. The Kier molecular flexibility index (Phi) is 2.00. The molecule has 0 bridgehead atoms. The Balaban J connectivity index is 3.19. The van der Waals surface area contributed by atoms with Crippen molar-refractivity contribution in [1.29, 1.82) is 0 Å². The van der Waals surface area contributed by atoms with Crippen molar-refractivity contribution in [1.82, 2.24) is 15.2 Å². The number of hydrogen-bond acceptors (Lipinski definition) is 4. The van der Waals surface area contributed by atoms with Crippen molar-refractivity contribution >= 4 is 5.82 Å². The summed E-state index contributed by atoms with van der Waals surface area (Å²) in [7, 11) is 0. The molecule has 0 unspecified atom stereocenters. The SMILES string of the molecule is Cc1nnc(C(C)(C)C)c(N)n1. The number of nitrogens with two attached hydrogens (primary N) is 1. The van der Waals surface area contributed by atoms with E-state index in [0.29, 0.717) is 11.6 Å². The Morgan fingerprint density at radius 2 is 1.75 bits per heavy atom. The smallest absolute Gasteiger partial charge is 0.150 e. The quantitative estimate of drug-likeness (QED) is 0.626. The van der Waals surface area contributed by atoms with E-state index in [1.807, 2.05) is 20.8 Å². The molecule has 1 heterocycles. The maximum atomic E-state index is 5.69. The zero-order chi connectivity index (χ0) is 9.35. The van der Waals surface area contributed by atoms with Crippen LogP contribution < -0.4 is 5.73 Å². The Bertz CT molecular complexity index is 288. The molecule has 0 amide bonds. The monoisotopic (exact) mass is 166 g/mol. The van der Waals surface area contributed by atoms with Crippen LogP contribution in [0.1, 0.15) is 32.3 Å². The standard InChI is InChI=1S/C8H14N4/c1-5-10-7(9)6(12-11-5)8(2,3)4/h1-4H3,(H2,9,10,11). The molecule has 0 aliphatic heterocycles. The summed E-state index contributed by atoms with van der Waals surface area (Å²) < 4.78 is 0. The predicted octanol–water partition coefficient (Wildman–Crippen LogP) is 1.06. The van der Waals surface area contributed by atoms with E-state index in [-0.39, 0.29) is 5.41 Å². The molecule has 2 N–H and O–H groups in total. The highest BCUT2D eigenvalue weighted by molar-refractivity contribution is 5.37. The van der Waals surface area contributed by atoms with Crippen LogP contribution in [0.5, 0.6) is 0 Å². The Hall–Kier alpha value is -1.19. The van der Waals surface area contributed by atoms with Gasteiger partial charge >= 0.3 is 0 Å². The van der Waals surface area contributed by atoms with Crippen LogP contribution >= 0.6 is 0 Å². The van der Waals surface area contributed by atoms with E-state index in [1.54, 1.807) is 6.92 Å². The van der Waals surface area contributed by atoms with E-state index >= 15 is 0 Å². The average Bonchev–Trinajstić information content (AvgIpc) is 1.83. The largest absolute Gasteiger partial charge is 0.382 e. The second-order valence-electron chi connectivity index (χ2n) is 3.84. The molecule has 0 saturated heterocycles. The fraction of sp³-hybridized carbons (Fsp3) is 0.625. The van der Waals surface area contributed by atoms with Gasteiger partial charge in [-0.1, -0.05) is 20.8 Å². The highest BCUT2D eigenvalue weighted by atomic mass is 15.2. The summed E-state index contributed by atoms with van der Waals surface area (Å²) in [4.78, 5) is 4.04. The lowest BCUT2D eigenvalue weighted by Gasteiger charge is -2.17. The van der Waals surface area contributed by atoms with E-state index in [9.17, 15) is 0 Å². The van der Waals surface area contributed by atoms with Gasteiger partial charge in [-0.25, -0.2) is 4.98 Å². The maximum absolute atomic E-state index is 5.69. The number of nitrogens with zero attached hydrogens (tertiary/aromatic N) is 3. The summed E-state index contributed by atoms with van der Waals surface area (Å²) in [6.45, 7) is 7.87. The van der Waals surface area contributed by atoms with Crippen molar-refractivity contribution in [2.24, 2.45) is 0 Å². The molecule has 0 aliphatic rings. The molecule has 4 nitrogen and oxygen atoms in total. The predicted molar refractivity (Wildman–Crippen MR) is 47.7 cm³/mol. The van der Waals surface area contributed by atoms with Crippen LogP contribution in [0.2, 0.25) is 0 Å². The van der Waals surface area contributed by atoms with Crippen molar-refractivity contribution in [3.63, 3.8) is 0 Å². The molecule has 0 radical (unpaired) electrons. The average molecular weight is 166 g/mol. The molecule has 12 heavy (non-hydrogen) atoms. The van der Waals surface area contributed by atoms with Gasteiger partial charge in [0.25, 0.3) is 0 Å². The second-order valence-corrected chi connectivity index (χ2v) is 3.84. The molecule has 0 atom stereocenters. The topological polar surface area (TPSA) is 64.7 Å². The Morgan fingerprint density at radius 1 is 1.17 bits per heavy atom. The molecule has 0 aliphatic carbocycles. The summed E-state index contributed by atoms with van der Waals surface area (Å²) in [5.74, 6) is 1.09. The van der Waals surface area contributed by atoms with Crippen LogP contribution in [-0.2, 0) is 5.41 Å². The molecule has 0 fully saturated rings. The molecule has 0 spiro atoms. The van der Waals surface area contributed by atoms with E-state index in [4.69, 9.17) is 5.73 Å². The molecule has 4 heteroatoms. The first kappa shape index (κ1) is 8.90. The van der Waals surface area contributed by atoms with E-state index < -0.39 is 0 Å². The van der Waals surface area contributed by atoms with Gasteiger partial charge in [0.15, 0.2) is 0 Å². The number of rotatable bonds is 0. The first-order valence-corrected chi connectivity index (χ1v) is 3.88. The minimum atomic E-state index is -0.0855. The fourth-order valence-electron chi connectivity index (χ4n) is 0.957. The third-order valence-electron chi connectivity index (χ3n) is 1.53. The third-order valence-corrected chi connectivity index (χ3v) is 1.53. The zero-order valence-electron chi connectivity index (χ0n) is 7.92. The minimum absolute atomic E-state index is 0.0855. The highest BCUT2D eigenvalue weighted by Gasteiger charge is 2.20. The molecule has 1 aromatic rings. The molecular formula is C8H14N4. The van der Waals surface area contributed by atoms with E-state index in [2.05, 4.69) is 15.2 Å². The van der Waals surface area contributed by atoms with Gasteiger partial charge in [0, 0.05) is 5.41 Å². The Morgan fingerprint density at radius 3 is 2.17 bits per heavy atom. The molecule has 1 rings (SSSR count). The van der Waals surface area contributed by atoms with Gasteiger partial charge in [-0.3, -0.25) is 0 Å². The summed E-state index contributed by atoms with van der Waals surface area (Å²) in [6, 6.07) is 0. The number of aryl methyl sites for hydroxylation is 1. The summed E-state index contributed by atoms with van der Waals surface area (Å²) in [5, 5.41) is 7.88. The molecule has 0 aromatic carbocycles. The number of hydrogen-bond donors (Lipinski definition) is 1. The van der Waals surface area contributed by atoms with Crippen molar-refractivity contribution in [3.8, 4) is 0 Å². The van der Waals surface area contributed by atoms with Crippen molar-refractivity contribution in [2.45, 2.75) is 33.1 Å². The van der Waals surface area contributed by atoms with E-state index in [1.165, 1.54) is 0 Å². The van der Waals surface area contributed by atoms with Gasteiger partial charge in [-0.05, 0) is 6.92 Å². The van der Waals surface area contributed by atoms with Crippen LogP contribution in [0.25, 0.3) is 0 Å². The van der Waals surface area contributed by atoms with Crippen molar-refractivity contribution in [3.05, 3.63) is 11.5 Å². The third kappa shape index (κ3) is 1.69. The van der Waals surface area contributed by atoms with Crippen LogP contribution in [0.3, 0.4) is 0 Å². The fourth-order valence-corrected chi connectivity index (χ4v) is 0.957. The lowest BCUT2D eigenvalue weighted by atomic mass is 9.92. The number of anilines is 1. The molecule has 66 valence electrons. The van der Waals surface area contributed by atoms with Gasteiger partial charge < -0.3 is 5.73 Å². The normalized spacial score (nSPS) is 11.7. The summed E-state index contributed by atoms with van der Waals surface area (Å²) in [5.41, 5.74) is 6.37. The van der Waals surface area contributed by atoms with Crippen molar-refractivity contribution in [2.75, 3.05) is 5.73 Å². The lowest BCUT2D eigenvalue weighted by molar-refractivity contribution is 0.555. The van der Waals surface area contributed by atoms with Crippen LogP contribution in [-0.4, -0.2) is 15.2 Å². The van der Waals surface area contributed by atoms with E-state index in [0.717, 1.165) is 5.69 Å². The molecular weight excluding hydrogens is 152 g/mol.